The lowest BCUT2D eigenvalue weighted by Gasteiger charge is -2.29. The van der Waals surface area contributed by atoms with Crippen LogP contribution in [-0.4, -0.2) is 44.2 Å². The van der Waals surface area contributed by atoms with Gasteiger partial charge >= 0.3 is 0 Å². The molecule has 0 unspecified atom stereocenters. The van der Waals surface area contributed by atoms with Crippen molar-refractivity contribution in [1.29, 1.82) is 0 Å². The first-order valence-electron chi connectivity index (χ1n) is 3.84. The molecule has 0 atom stereocenters. The lowest BCUT2D eigenvalue weighted by molar-refractivity contribution is -0.125. The van der Waals surface area contributed by atoms with Crippen molar-refractivity contribution in [3.63, 3.8) is 0 Å². The third kappa shape index (κ3) is 2.65. The summed E-state index contributed by atoms with van der Waals surface area (Å²) in [6.45, 7) is 4.97. The van der Waals surface area contributed by atoms with Crippen LogP contribution in [0.1, 0.15) is 13.8 Å². The first-order valence-corrected chi connectivity index (χ1v) is 6.03. The van der Waals surface area contributed by atoms with E-state index in [2.05, 4.69) is 0 Å². The molecule has 2 amide bonds. The quantitative estimate of drug-likeness (QED) is 0.563. The summed E-state index contributed by atoms with van der Waals surface area (Å²) in [6.07, 6.45) is 0. The number of carbonyl (C=O) groups excluding carboxylic acids is 2. The van der Waals surface area contributed by atoms with E-state index in [1.54, 1.807) is 23.2 Å². The Morgan fingerprint density at radius 1 is 1.00 bits per heavy atom. The Balaban J connectivity index is 4.28. The van der Waals surface area contributed by atoms with Crippen LogP contribution < -0.4 is 0 Å². The van der Waals surface area contributed by atoms with Crippen LogP contribution in [0, 0.1) is 0 Å². The Morgan fingerprint density at radius 3 is 1.42 bits per heavy atom. The lowest BCUT2D eigenvalue weighted by atomic mass is 10.7. The van der Waals surface area contributed by atoms with Crippen LogP contribution in [0.15, 0.2) is 0 Å². The van der Waals surface area contributed by atoms with Gasteiger partial charge in [0.15, 0.2) is 0 Å². The second-order valence-electron chi connectivity index (χ2n) is 2.89. The molecule has 0 aromatic rings. The number of carbonyl (C=O) groups is 2. The SMILES string of the molecule is CC(=O)N(C)[SiH](C)N(C)C(C)=O. The predicted molar refractivity (Wildman–Crippen MR) is 49.9 cm³/mol. The number of hydrogen-bond donors (Lipinski definition) is 0. The van der Waals surface area contributed by atoms with Crippen LogP contribution in [-0.2, 0) is 9.59 Å². The molecule has 0 fully saturated rings. The number of rotatable bonds is 2. The van der Waals surface area contributed by atoms with Gasteiger partial charge in [-0.05, 0) is 6.55 Å². The molecule has 4 nitrogen and oxygen atoms in total. The molecule has 0 bridgehead atoms. The Kier molecular flexibility index (Phi) is 3.95. The highest BCUT2D eigenvalue weighted by atomic mass is 28.3. The molecule has 70 valence electrons. The summed E-state index contributed by atoms with van der Waals surface area (Å²) < 4.78 is 3.31. The Labute approximate surface area is 74.9 Å². The van der Waals surface area contributed by atoms with Crippen LogP contribution in [0.2, 0.25) is 6.55 Å². The molecule has 0 rings (SSSR count). The topological polar surface area (TPSA) is 40.6 Å². The smallest absolute Gasteiger partial charge is 0.248 e. The number of nitrogens with zero attached hydrogens (tertiary/aromatic N) is 2. The van der Waals surface area contributed by atoms with Crippen molar-refractivity contribution < 1.29 is 9.59 Å². The minimum Gasteiger partial charge on any atom is -0.357 e. The van der Waals surface area contributed by atoms with Crippen molar-refractivity contribution in [3.8, 4) is 0 Å². The third-order valence-corrected chi connectivity index (χ3v) is 5.08. The fraction of sp³-hybridized carbons (Fsp3) is 0.714. The van der Waals surface area contributed by atoms with Gasteiger partial charge in [0.1, 0.15) is 0 Å². The maximum Gasteiger partial charge on any atom is 0.248 e. The van der Waals surface area contributed by atoms with Gasteiger partial charge in [-0.1, -0.05) is 0 Å². The maximum absolute atomic E-state index is 10.9. The van der Waals surface area contributed by atoms with Gasteiger partial charge in [0.2, 0.25) is 20.9 Å². The predicted octanol–water partition coefficient (Wildman–Crippen LogP) is -0.207. The van der Waals surface area contributed by atoms with Gasteiger partial charge in [-0.2, -0.15) is 0 Å². The average molecular weight is 188 g/mol. The molecule has 0 heterocycles. The highest BCUT2D eigenvalue weighted by Crippen LogP contribution is 1.97. The number of hydrogen-bond acceptors (Lipinski definition) is 2. The second-order valence-corrected chi connectivity index (χ2v) is 5.70. The van der Waals surface area contributed by atoms with E-state index in [4.69, 9.17) is 0 Å². The van der Waals surface area contributed by atoms with E-state index < -0.39 is 9.12 Å². The third-order valence-electron chi connectivity index (χ3n) is 2.11. The summed E-state index contributed by atoms with van der Waals surface area (Å²) in [5.74, 6) is 0.0320. The van der Waals surface area contributed by atoms with Crippen LogP contribution in [0.25, 0.3) is 0 Å². The van der Waals surface area contributed by atoms with Crippen molar-refractivity contribution in [3.05, 3.63) is 0 Å². The molecular formula is C7H16N2O2Si. The van der Waals surface area contributed by atoms with Crippen molar-refractivity contribution in [2.75, 3.05) is 14.1 Å². The van der Waals surface area contributed by atoms with Gasteiger partial charge in [-0.3, -0.25) is 9.59 Å². The summed E-state index contributed by atoms with van der Waals surface area (Å²) in [4.78, 5) is 21.9. The molecule has 0 radical (unpaired) electrons. The van der Waals surface area contributed by atoms with Crippen molar-refractivity contribution >= 4 is 20.9 Å². The first kappa shape index (κ1) is 11.2. The van der Waals surface area contributed by atoms with Gasteiger partial charge < -0.3 is 9.13 Å². The maximum atomic E-state index is 10.9. The standard InChI is InChI=1S/C7H16N2O2Si/c1-6(10)8(3)12(5)9(4)7(2)11/h12H,1-5H3. The van der Waals surface area contributed by atoms with Gasteiger partial charge in [0, 0.05) is 27.9 Å². The molecule has 0 aliphatic rings. The molecule has 0 saturated heterocycles. The molecule has 0 aromatic carbocycles. The molecule has 0 saturated carbocycles. The second kappa shape index (κ2) is 4.25. The highest BCUT2D eigenvalue weighted by molar-refractivity contribution is 6.56. The summed E-state index contributed by atoms with van der Waals surface area (Å²) in [5.41, 5.74) is 0. The van der Waals surface area contributed by atoms with Gasteiger partial charge in [-0.15, -0.1) is 0 Å². The van der Waals surface area contributed by atoms with Crippen molar-refractivity contribution in [1.82, 2.24) is 9.13 Å². The van der Waals surface area contributed by atoms with E-state index in [0.29, 0.717) is 0 Å². The fourth-order valence-corrected chi connectivity index (χ4v) is 2.36. The number of amides is 2. The first-order chi connectivity index (χ1) is 5.37. The van der Waals surface area contributed by atoms with Crippen LogP contribution in [0.4, 0.5) is 0 Å². The summed E-state index contributed by atoms with van der Waals surface area (Å²) in [6, 6.07) is 0. The van der Waals surface area contributed by atoms with Crippen molar-refractivity contribution in [2.45, 2.75) is 20.4 Å². The lowest BCUT2D eigenvalue weighted by Crippen LogP contribution is -2.50. The monoisotopic (exact) mass is 188 g/mol. The molecule has 0 spiro atoms. The van der Waals surface area contributed by atoms with E-state index in [9.17, 15) is 9.59 Å². The van der Waals surface area contributed by atoms with E-state index in [0.717, 1.165) is 0 Å². The Bertz CT molecular complexity index is 176. The Morgan fingerprint density at radius 2 is 1.25 bits per heavy atom. The zero-order chi connectivity index (χ0) is 9.89. The van der Waals surface area contributed by atoms with E-state index in [1.807, 2.05) is 6.55 Å². The Hall–Kier alpha value is -0.843. The van der Waals surface area contributed by atoms with Crippen LogP contribution >= 0.6 is 0 Å². The highest BCUT2D eigenvalue weighted by Gasteiger charge is 2.20. The van der Waals surface area contributed by atoms with E-state index >= 15 is 0 Å². The van der Waals surface area contributed by atoms with Gasteiger partial charge in [0.25, 0.3) is 0 Å². The van der Waals surface area contributed by atoms with Crippen molar-refractivity contribution in [2.24, 2.45) is 0 Å². The molecule has 0 aliphatic heterocycles. The molecule has 0 aromatic heterocycles. The average Bonchev–Trinajstić information content (AvgIpc) is 2.00. The largest absolute Gasteiger partial charge is 0.357 e. The summed E-state index contributed by atoms with van der Waals surface area (Å²) in [5, 5.41) is 0. The minimum atomic E-state index is -1.54. The van der Waals surface area contributed by atoms with Crippen LogP contribution in [0.5, 0.6) is 0 Å². The van der Waals surface area contributed by atoms with E-state index in [-0.39, 0.29) is 11.8 Å². The zero-order valence-electron chi connectivity index (χ0n) is 8.29. The normalized spacial score (nSPS) is 9.83. The fourth-order valence-electron chi connectivity index (χ4n) is 0.786. The zero-order valence-corrected chi connectivity index (χ0v) is 9.44. The molecule has 12 heavy (non-hydrogen) atoms. The summed E-state index contributed by atoms with van der Waals surface area (Å²) >= 11 is 0. The minimum absolute atomic E-state index is 0.0160. The van der Waals surface area contributed by atoms with Gasteiger partial charge in [0.05, 0.1) is 0 Å². The molecule has 0 aliphatic carbocycles. The van der Waals surface area contributed by atoms with Crippen LogP contribution in [0.3, 0.4) is 0 Å². The molecule has 0 N–H and O–H groups in total. The van der Waals surface area contributed by atoms with E-state index in [1.165, 1.54) is 13.8 Å². The molecular weight excluding hydrogens is 172 g/mol. The summed E-state index contributed by atoms with van der Waals surface area (Å²) in [7, 11) is 1.93. The van der Waals surface area contributed by atoms with Gasteiger partial charge in [-0.25, -0.2) is 0 Å². The molecule has 5 heteroatoms.